The fourth-order valence-corrected chi connectivity index (χ4v) is 2.85. The summed E-state index contributed by atoms with van der Waals surface area (Å²) in [6, 6.07) is 8.61. The first-order chi connectivity index (χ1) is 9.29. The fraction of sp³-hybridized carbons (Fsp3) is 0.375. The van der Waals surface area contributed by atoms with E-state index in [0.29, 0.717) is 0 Å². The Morgan fingerprint density at radius 3 is 2.84 bits per heavy atom. The lowest BCUT2D eigenvalue weighted by atomic mass is 9.99. The molecule has 0 bridgehead atoms. The zero-order valence-electron chi connectivity index (χ0n) is 11.6. The molecule has 0 saturated heterocycles. The van der Waals surface area contributed by atoms with Crippen molar-refractivity contribution < 1.29 is 4.74 Å². The zero-order valence-corrected chi connectivity index (χ0v) is 11.6. The van der Waals surface area contributed by atoms with E-state index in [4.69, 9.17) is 4.74 Å². The standard InChI is InChI=1S/C16H20N2O/c1-17-11-15(14-5-3-4-6-16(14)17)13-7-9-18(10-8-13)12-19-2/h3-7,11H,8-10,12H2,1-2H3. The number of para-hydroxylation sites is 1. The molecule has 1 aromatic heterocycles. The molecule has 0 atom stereocenters. The van der Waals surface area contributed by atoms with Crippen molar-refractivity contribution in [3.8, 4) is 0 Å². The van der Waals surface area contributed by atoms with Gasteiger partial charge in [-0.3, -0.25) is 4.90 Å². The summed E-state index contributed by atoms with van der Waals surface area (Å²) in [6.07, 6.45) is 5.68. The molecule has 0 unspecified atom stereocenters. The second kappa shape index (κ2) is 5.19. The third-order valence-electron chi connectivity index (χ3n) is 3.85. The Morgan fingerprint density at radius 1 is 1.26 bits per heavy atom. The molecule has 1 aliphatic heterocycles. The van der Waals surface area contributed by atoms with Crippen LogP contribution in [0.3, 0.4) is 0 Å². The predicted molar refractivity (Wildman–Crippen MR) is 79.0 cm³/mol. The summed E-state index contributed by atoms with van der Waals surface area (Å²) in [6.45, 7) is 2.77. The maximum Gasteiger partial charge on any atom is 0.0989 e. The third kappa shape index (κ3) is 2.31. The largest absolute Gasteiger partial charge is 0.369 e. The van der Waals surface area contributed by atoms with Gasteiger partial charge in [-0.1, -0.05) is 24.3 Å². The maximum absolute atomic E-state index is 5.19. The van der Waals surface area contributed by atoms with E-state index < -0.39 is 0 Å². The number of benzene rings is 1. The monoisotopic (exact) mass is 256 g/mol. The number of rotatable bonds is 3. The number of hydrogen-bond acceptors (Lipinski definition) is 2. The van der Waals surface area contributed by atoms with Gasteiger partial charge in [-0.05, 0) is 18.1 Å². The molecular formula is C16H20N2O. The van der Waals surface area contributed by atoms with Crippen LogP contribution in [0.25, 0.3) is 16.5 Å². The van der Waals surface area contributed by atoms with Gasteiger partial charge in [-0.25, -0.2) is 0 Å². The molecule has 0 spiro atoms. The highest BCUT2D eigenvalue weighted by Gasteiger charge is 2.15. The van der Waals surface area contributed by atoms with Crippen LogP contribution in [0.4, 0.5) is 0 Å². The molecule has 1 aromatic carbocycles. The summed E-state index contributed by atoms with van der Waals surface area (Å²) in [5, 5.41) is 1.36. The molecule has 19 heavy (non-hydrogen) atoms. The lowest BCUT2D eigenvalue weighted by molar-refractivity contribution is 0.0710. The fourth-order valence-electron chi connectivity index (χ4n) is 2.85. The molecular weight excluding hydrogens is 236 g/mol. The van der Waals surface area contributed by atoms with E-state index in [1.165, 1.54) is 22.0 Å². The Morgan fingerprint density at radius 2 is 2.11 bits per heavy atom. The molecule has 2 aromatic rings. The summed E-state index contributed by atoms with van der Waals surface area (Å²) in [4.78, 5) is 2.31. The SMILES string of the molecule is COCN1CC=C(c2cn(C)c3ccccc23)CC1. The maximum atomic E-state index is 5.19. The molecule has 0 aliphatic carbocycles. The zero-order chi connectivity index (χ0) is 13.2. The molecule has 3 nitrogen and oxygen atoms in total. The normalized spacial score (nSPS) is 16.8. The number of aryl methyl sites for hydroxylation is 1. The first-order valence-corrected chi connectivity index (χ1v) is 6.74. The Bertz CT molecular complexity index is 612. The van der Waals surface area contributed by atoms with Crippen molar-refractivity contribution >= 4 is 16.5 Å². The van der Waals surface area contributed by atoms with Gasteiger partial charge < -0.3 is 9.30 Å². The molecule has 3 rings (SSSR count). The van der Waals surface area contributed by atoms with Crippen molar-refractivity contribution in [2.45, 2.75) is 6.42 Å². The number of hydrogen-bond donors (Lipinski definition) is 0. The number of nitrogens with zero attached hydrogens (tertiary/aromatic N) is 2. The van der Waals surface area contributed by atoms with Crippen LogP contribution < -0.4 is 0 Å². The summed E-state index contributed by atoms with van der Waals surface area (Å²) >= 11 is 0. The quantitative estimate of drug-likeness (QED) is 0.840. The Kier molecular flexibility index (Phi) is 3.40. The number of fused-ring (bicyclic) bond motifs is 1. The van der Waals surface area contributed by atoms with Crippen LogP contribution in [0.5, 0.6) is 0 Å². The minimum absolute atomic E-state index is 0.722. The molecule has 0 amide bonds. The summed E-state index contributed by atoms with van der Waals surface area (Å²) in [5.74, 6) is 0. The van der Waals surface area contributed by atoms with Crippen LogP contribution in [0, 0.1) is 0 Å². The van der Waals surface area contributed by atoms with E-state index in [2.05, 4.69) is 53.1 Å². The van der Waals surface area contributed by atoms with Crippen molar-refractivity contribution in [1.29, 1.82) is 0 Å². The lowest BCUT2D eigenvalue weighted by Gasteiger charge is -2.25. The number of ether oxygens (including phenoxy) is 1. The first-order valence-electron chi connectivity index (χ1n) is 6.74. The lowest BCUT2D eigenvalue weighted by Crippen LogP contribution is -2.30. The van der Waals surface area contributed by atoms with Gasteiger partial charge >= 0.3 is 0 Å². The van der Waals surface area contributed by atoms with Gasteiger partial charge in [0, 0.05) is 49.9 Å². The Labute approximate surface area is 114 Å². The van der Waals surface area contributed by atoms with Crippen molar-refractivity contribution in [3.63, 3.8) is 0 Å². The highest BCUT2D eigenvalue weighted by molar-refractivity contribution is 5.93. The third-order valence-corrected chi connectivity index (χ3v) is 3.85. The molecule has 100 valence electrons. The smallest absolute Gasteiger partial charge is 0.0989 e. The van der Waals surface area contributed by atoms with E-state index in [-0.39, 0.29) is 0 Å². The van der Waals surface area contributed by atoms with E-state index in [1.807, 2.05) is 0 Å². The van der Waals surface area contributed by atoms with Gasteiger partial charge in [0.2, 0.25) is 0 Å². The van der Waals surface area contributed by atoms with E-state index in [1.54, 1.807) is 7.11 Å². The van der Waals surface area contributed by atoms with Crippen molar-refractivity contribution in [2.75, 3.05) is 26.9 Å². The number of methoxy groups -OCH3 is 1. The second-order valence-electron chi connectivity index (χ2n) is 5.14. The highest BCUT2D eigenvalue weighted by Crippen LogP contribution is 2.30. The average molecular weight is 256 g/mol. The van der Waals surface area contributed by atoms with Crippen LogP contribution in [0.15, 0.2) is 36.5 Å². The van der Waals surface area contributed by atoms with Gasteiger partial charge in [0.05, 0.1) is 6.73 Å². The van der Waals surface area contributed by atoms with E-state index in [0.717, 1.165) is 26.2 Å². The van der Waals surface area contributed by atoms with Crippen LogP contribution in [0.2, 0.25) is 0 Å². The van der Waals surface area contributed by atoms with Crippen molar-refractivity contribution in [1.82, 2.24) is 9.47 Å². The highest BCUT2D eigenvalue weighted by atomic mass is 16.5. The van der Waals surface area contributed by atoms with Crippen LogP contribution in [-0.2, 0) is 11.8 Å². The van der Waals surface area contributed by atoms with Gasteiger partial charge in [0.15, 0.2) is 0 Å². The molecule has 3 heteroatoms. The van der Waals surface area contributed by atoms with Gasteiger partial charge in [-0.2, -0.15) is 0 Å². The first kappa shape index (κ1) is 12.5. The molecule has 0 N–H and O–H groups in total. The predicted octanol–water partition coefficient (Wildman–Crippen LogP) is 2.87. The summed E-state index contributed by atoms with van der Waals surface area (Å²) in [5.41, 5.74) is 4.15. The topological polar surface area (TPSA) is 17.4 Å². The molecule has 1 aliphatic rings. The van der Waals surface area contributed by atoms with Crippen molar-refractivity contribution in [2.24, 2.45) is 7.05 Å². The molecule has 0 saturated carbocycles. The molecule has 0 radical (unpaired) electrons. The molecule has 2 heterocycles. The van der Waals surface area contributed by atoms with E-state index in [9.17, 15) is 0 Å². The van der Waals surface area contributed by atoms with Crippen LogP contribution in [0.1, 0.15) is 12.0 Å². The Hall–Kier alpha value is -1.58. The van der Waals surface area contributed by atoms with Crippen molar-refractivity contribution in [3.05, 3.63) is 42.1 Å². The number of aromatic nitrogens is 1. The minimum Gasteiger partial charge on any atom is -0.369 e. The summed E-state index contributed by atoms with van der Waals surface area (Å²) < 4.78 is 7.40. The van der Waals surface area contributed by atoms with Gasteiger partial charge in [0.1, 0.15) is 0 Å². The van der Waals surface area contributed by atoms with Gasteiger partial charge in [0.25, 0.3) is 0 Å². The summed E-state index contributed by atoms with van der Waals surface area (Å²) in [7, 11) is 3.87. The average Bonchev–Trinajstić information content (AvgIpc) is 2.78. The van der Waals surface area contributed by atoms with Gasteiger partial charge in [-0.15, -0.1) is 0 Å². The van der Waals surface area contributed by atoms with E-state index >= 15 is 0 Å². The second-order valence-corrected chi connectivity index (χ2v) is 5.14. The minimum atomic E-state index is 0.722. The van der Waals surface area contributed by atoms with Crippen LogP contribution >= 0.6 is 0 Å². The molecule has 0 fully saturated rings. The Balaban J connectivity index is 1.93. The van der Waals surface area contributed by atoms with Crippen LogP contribution in [-0.4, -0.2) is 36.4 Å².